The number of rotatable bonds is 6. The zero-order valence-corrected chi connectivity index (χ0v) is 22.1. The van der Waals surface area contributed by atoms with Crippen LogP contribution in [-0.2, 0) is 20.0 Å². The minimum atomic E-state index is -5.79. The van der Waals surface area contributed by atoms with Crippen molar-refractivity contribution < 1.29 is 30.0 Å². The zero-order valence-electron chi connectivity index (χ0n) is 19.6. The van der Waals surface area contributed by atoms with E-state index in [-0.39, 0.29) is 0 Å². The van der Waals surface area contributed by atoms with Crippen molar-refractivity contribution in [1.82, 2.24) is 4.13 Å². The van der Waals surface area contributed by atoms with Gasteiger partial charge in [0.15, 0.2) is 0 Å². The summed E-state index contributed by atoms with van der Waals surface area (Å²) in [4.78, 5) is 0. The normalized spacial score (nSPS) is 12.3. The predicted molar refractivity (Wildman–Crippen MR) is 144 cm³/mol. The van der Waals surface area contributed by atoms with Crippen molar-refractivity contribution in [3.63, 3.8) is 0 Å². The molecule has 0 aromatic heterocycles. The molecule has 5 nitrogen and oxygen atoms in total. The second-order valence-electron chi connectivity index (χ2n) is 7.82. The predicted octanol–water partition coefficient (Wildman–Crippen LogP) is 3.69. The first-order chi connectivity index (χ1) is 17.4. The molecule has 0 radical (unpaired) electrons. The first kappa shape index (κ1) is 28.5. The molecule has 11 heteroatoms. The number of sulfonamides is 2. The van der Waals surface area contributed by atoms with Crippen LogP contribution in [-0.4, -0.2) is 28.6 Å². The summed E-state index contributed by atoms with van der Waals surface area (Å²) in [5.74, 6) is 0. The van der Waals surface area contributed by atoms with Gasteiger partial charge in [-0.15, -0.1) is 4.13 Å². The molecule has 4 rings (SSSR count). The molecule has 0 heterocycles. The summed E-state index contributed by atoms with van der Waals surface area (Å²) in [6.45, 7) is 0. The number of halogens is 3. The van der Waals surface area contributed by atoms with Crippen molar-refractivity contribution in [1.29, 1.82) is 0 Å². The largest absolute Gasteiger partial charge is 0.512 e. The molecule has 0 fully saturated rings. The second kappa shape index (κ2) is 11.6. The molecule has 37 heavy (non-hydrogen) atoms. The number of hydrogen-bond acceptors (Lipinski definition) is 4. The van der Waals surface area contributed by atoms with Gasteiger partial charge in [0.1, 0.15) is 28.5 Å². The highest BCUT2D eigenvalue weighted by molar-refractivity contribution is 8.04. The minimum Gasteiger partial charge on any atom is -0.212 e. The van der Waals surface area contributed by atoms with Gasteiger partial charge < -0.3 is 0 Å². The van der Waals surface area contributed by atoms with Gasteiger partial charge in [0.05, 0.1) is 6.26 Å². The van der Waals surface area contributed by atoms with Gasteiger partial charge in [-0.1, -0.05) is 72.8 Å². The maximum absolute atomic E-state index is 11.4. The average molecular weight is 567 g/mol. The molecule has 4 aromatic rings. The molecule has 0 saturated heterocycles. The molecule has 0 bridgehead atoms. The third kappa shape index (κ3) is 6.84. The minimum absolute atomic E-state index is 0.302. The Balaban J connectivity index is 0.000000270. The van der Waals surface area contributed by atoms with Crippen molar-refractivity contribution in [3.8, 4) is 0 Å². The summed E-state index contributed by atoms with van der Waals surface area (Å²) < 4.78 is 75.1. The van der Waals surface area contributed by atoms with E-state index in [1.165, 1.54) is 21.2 Å². The number of benzene rings is 4. The molecule has 0 aliphatic rings. The van der Waals surface area contributed by atoms with Crippen LogP contribution in [0, 0.1) is 0 Å². The summed E-state index contributed by atoms with van der Waals surface area (Å²) >= 11 is 0. The first-order valence-corrected chi connectivity index (χ1v) is 16.0. The Bertz CT molecular complexity index is 1340. The lowest BCUT2D eigenvalue weighted by Gasteiger charge is -2.27. The Morgan fingerprint density at radius 2 is 0.784 bits per heavy atom. The standard InChI is InChI=1S/C24H20P.C2H4F3NO4S2/c1-5-13-21(14-6-1)25(22-15-7-2-8-16-22,23-17-9-3-10-18-23)24-19-11-4-12-20-24;1-11(7,8)6-12(9,10)2(3,4)5/h1-20H;6H,1H3/q+1;. The molecule has 1 N–H and O–H groups in total. The third-order valence-electron chi connectivity index (χ3n) is 5.14. The third-order valence-corrected chi connectivity index (χ3v) is 12.1. The second-order valence-corrected chi connectivity index (χ2v) is 14.9. The van der Waals surface area contributed by atoms with Crippen LogP contribution in [0.5, 0.6) is 0 Å². The van der Waals surface area contributed by atoms with Crippen LogP contribution in [0.1, 0.15) is 0 Å². The Kier molecular flexibility index (Phi) is 8.92. The molecule has 0 atom stereocenters. The van der Waals surface area contributed by atoms with E-state index in [4.69, 9.17) is 0 Å². The number of nitrogens with one attached hydrogen (secondary N) is 1. The monoisotopic (exact) mass is 566 g/mol. The Morgan fingerprint density at radius 1 is 0.541 bits per heavy atom. The molecule has 0 aliphatic carbocycles. The fourth-order valence-corrected chi connectivity index (χ4v) is 9.99. The van der Waals surface area contributed by atoms with E-state index in [1.54, 1.807) is 0 Å². The van der Waals surface area contributed by atoms with E-state index in [1.807, 2.05) is 0 Å². The van der Waals surface area contributed by atoms with E-state index in [2.05, 4.69) is 121 Å². The summed E-state index contributed by atoms with van der Waals surface area (Å²) in [6, 6.07) is 43.8. The fraction of sp³-hybridized carbons (Fsp3) is 0.0769. The average Bonchev–Trinajstić information content (AvgIpc) is 2.86. The molecular formula is C26H24F3NO4PS2+. The smallest absolute Gasteiger partial charge is 0.212 e. The van der Waals surface area contributed by atoms with E-state index >= 15 is 0 Å². The summed E-state index contributed by atoms with van der Waals surface area (Å²) in [5.41, 5.74) is -5.62. The van der Waals surface area contributed by atoms with Crippen LogP contribution in [0.2, 0.25) is 0 Å². The van der Waals surface area contributed by atoms with Gasteiger partial charge in [-0.2, -0.15) is 13.2 Å². The highest BCUT2D eigenvalue weighted by atomic mass is 32.3. The lowest BCUT2D eigenvalue weighted by molar-refractivity contribution is -0.0441. The molecule has 4 aromatic carbocycles. The van der Waals surface area contributed by atoms with Crippen molar-refractivity contribution >= 4 is 48.5 Å². The fourth-order valence-electron chi connectivity index (χ4n) is 3.75. The van der Waals surface area contributed by atoms with Crippen LogP contribution in [0.25, 0.3) is 0 Å². The van der Waals surface area contributed by atoms with Crippen LogP contribution in [0.15, 0.2) is 121 Å². The molecule has 0 unspecified atom stereocenters. The van der Waals surface area contributed by atoms with Gasteiger partial charge >= 0.3 is 15.5 Å². The molecule has 0 amide bonds. The van der Waals surface area contributed by atoms with Gasteiger partial charge in [-0.05, 0) is 48.5 Å². The molecular weight excluding hydrogens is 542 g/mol. The Hall–Kier alpha value is -3.04. The molecule has 0 spiro atoms. The lowest BCUT2D eigenvalue weighted by Crippen LogP contribution is -2.39. The number of hydrogen-bond donors (Lipinski definition) is 1. The van der Waals surface area contributed by atoms with Crippen LogP contribution in [0.3, 0.4) is 0 Å². The van der Waals surface area contributed by atoms with Crippen molar-refractivity contribution in [2.24, 2.45) is 0 Å². The topological polar surface area (TPSA) is 80.3 Å². The SMILES string of the molecule is CS(=O)(=O)NS(=O)(=O)C(F)(F)F.c1ccc([P+](c2ccccc2)(c2ccccc2)c2ccccc2)cc1. The van der Waals surface area contributed by atoms with Crippen molar-refractivity contribution in [3.05, 3.63) is 121 Å². The summed E-state index contributed by atoms with van der Waals surface area (Å²) in [5, 5.41) is 5.55. The summed E-state index contributed by atoms with van der Waals surface area (Å²) in [7, 11) is -12.1. The summed E-state index contributed by atoms with van der Waals surface area (Å²) in [6.07, 6.45) is 0.302. The van der Waals surface area contributed by atoms with E-state index in [0.717, 1.165) is 0 Å². The van der Waals surface area contributed by atoms with Crippen molar-refractivity contribution in [2.45, 2.75) is 5.51 Å². The highest BCUT2D eigenvalue weighted by Crippen LogP contribution is 2.53. The Labute approximate surface area is 215 Å². The van der Waals surface area contributed by atoms with Crippen LogP contribution < -0.4 is 25.3 Å². The van der Waals surface area contributed by atoms with Gasteiger partial charge in [-0.3, -0.25) is 0 Å². The highest BCUT2D eigenvalue weighted by Gasteiger charge is 2.48. The quantitative estimate of drug-likeness (QED) is 0.361. The molecule has 194 valence electrons. The molecule has 0 aliphatic heterocycles. The van der Waals surface area contributed by atoms with Gasteiger partial charge in [0, 0.05) is 0 Å². The van der Waals surface area contributed by atoms with E-state index < -0.39 is 32.8 Å². The van der Waals surface area contributed by atoms with Gasteiger partial charge in [-0.25, -0.2) is 16.8 Å². The lowest BCUT2D eigenvalue weighted by atomic mass is 10.3. The van der Waals surface area contributed by atoms with Crippen LogP contribution >= 0.6 is 7.26 Å². The zero-order chi connectivity index (χ0) is 27.2. The molecule has 0 saturated carbocycles. The van der Waals surface area contributed by atoms with E-state index in [9.17, 15) is 30.0 Å². The van der Waals surface area contributed by atoms with Crippen molar-refractivity contribution in [2.75, 3.05) is 6.26 Å². The Morgan fingerprint density at radius 3 is 0.946 bits per heavy atom. The van der Waals surface area contributed by atoms with Gasteiger partial charge in [0.2, 0.25) is 10.0 Å². The number of alkyl halides is 3. The van der Waals surface area contributed by atoms with Crippen LogP contribution in [0.4, 0.5) is 13.2 Å². The first-order valence-electron chi connectivity index (χ1n) is 10.8. The van der Waals surface area contributed by atoms with E-state index in [0.29, 0.717) is 10.4 Å². The maximum atomic E-state index is 11.4. The van der Waals surface area contributed by atoms with Gasteiger partial charge in [0.25, 0.3) is 0 Å². The maximum Gasteiger partial charge on any atom is 0.512 e.